The van der Waals surface area contributed by atoms with E-state index in [1.54, 1.807) is 6.07 Å². The minimum atomic E-state index is -3.97. The van der Waals surface area contributed by atoms with Crippen molar-refractivity contribution in [3.8, 4) is 10.4 Å². The lowest BCUT2D eigenvalue weighted by Crippen LogP contribution is -2.23. The van der Waals surface area contributed by atoms with Gasteiger partial charge in [0.15, 0.2) is 9.84 Å². The van der Waals surface area contributed by atoms with Crippen molar-refractivity contribution in [1.29, 1.82) is 0 Å². The smallest absolute Gasteiger partial charge is 0.350 e. The molecule has 3 rings (SSSR count). The number of sulfone groups is 1. The van der Waals surface area contributed by atoms with Gasteiger partial charge in [-0.3, -0.25) is 4.79 Å². The Morgan fingerprint density at radius 3 is 2.34 bits per heavy atom. The summed E-state index contributed by atoms with van der Waals surface area (Å²) in [6, 6.07) is 15.0. The largest absolute Gasteiger partial charge is 0.465 e. The Hall–Kier alpha value is -3.04. The second kappa shape index (κ2) is 8.54. The number of thiophene rings is 1. The van der Waals surface area contributed by atoms with Crippen LogP contribution in [-0.4, -0.2) is 33.2 Å². The number of hydrogen-bond donors (Lipinski definition) is 1. The highest BCUT2D eigenvalue weighted by molar-refractivity contribution is 7.92. The molecule has 1 heterocycles. The molecule has 1 N–H and O–H groups in total. The van der Waals surface area contributed by atoms with E-state index in [9.17, 15) is 22.4 Å². The Balaban J connectivity index is 1.84. The average Bonchev–Trinajstić information content (AvgIpc) is 3.11. The predicted octanol–water partition coefficient (Wildman–Crippen LogP) is 3.75. The first-order valence-electron chi connectivity index (χ1n) is 8.36. The van der Waals surface area contributed by atoms with Crippen LogP contribution in [0.4, 0.5) is 10.1 Å². The molecular weight excluding hydrogens is 417 g/mol. The Morgan fingerprint density at radius 2 is 1.72 bits per heavy atom. The van der Waals surface area contributed by atoms with Gasteiger partial charge in [-0.15, -0.1) is 11.3 Å². The summed E-state index contributed by atoms with van der Waals surface area (Å²) in [7, 11) is -2.75. The molecule has 1 aromatic heterocycles. The number of hydrogen-bond acceptors (Lipinski definition) is 6. The van der Waals surface area contributed by atoms with Gasteiger partial charge in [0.2, 0.25) is 5.91 Å². The fourth-order valence-electron chi connectivity index (χ4n) is 2.56. The van der Waals surface area contributed by atoms with Crippen LogP contribution in [-0.2, 0) is 19.4 Å². The van der Waals surface area contributed by atoms with Crippen LogP contribution in [0, 0.1) is 5.82 Å². The van der Waals surface area contributed by atoms with Gasteiger partial charge in [-0.2, -0.15) is 0 Å². The molecule has 6 nitrogen and oxygen atoms in total. The van der Waals surface area contributed by atoms with Gasteiger partial charge in [0, 0.05) is 4.88 Å². The lowest BCUT2D eigenvalue weighted by molar-refractivity contribution is -0.113. The molecule has 9 heteroatoms. The summed E-state index contributed by atoms with van der Waals surface area (Å²) < 4.78 is 42.5. The molecule has 0 aliphatic rings. The molecule has 0 saturated heterocycles. The van der Waals surface area contributed by atoms with Crippen molar-refractivity contribution in [3.63, 3.8) is 0 Å². The topological polar surface area (TPSA) is 89.5 Å². The molecule has 0 spiro atoms. The van der Waals surface area contributed by atoms with Crippen LogP contribution in [0.2, 0.25) is 0 Å². The number of anilines is 1. The summed E-state index contributed by atoms with van der Waals surface area (Å²) in [5.74, 6) is -2.90. The molecule has 2 aromatic carbocycles. The van der Waals surface area contributed by atoms with Crippen LogP contribution in [0.3, 0.4) is 0 Å². The van der Waals surface area contributed by atoms with Gasteiger partial charge in [-0.25, -0.2) is 17.6 Å². The van der Waals surface area contributed by atoms with Gasteiger partial charge in [-0.1, -0.05) is 30.3 Å². The SMILES string of the molecule is COC(=O)c1sc(-c2ccccc2)cc1NC(=O)CS(=O)(=O)c1ccc(F)cc1. The second-order valence-electron chi connectivity index (χ2n) is 5.97. The number of nitrogens with one attached hydrogen (secondary N) is 1. The number of halogens is 1. The number of amides is 1. The lowest BCUT2D eigenvalue weighted by Gasteiger charge is -2.07. The average molecular weight is 433 g/mol. The molecule has 0 radical (unpaired) electrons. The Labute approximate surface area is 170 Å². The second-order valence-corrected chi connectivity index (χ2v) is 9.01. The van der Waals surface area contributed by atoms with E-state index in [0.29, 0.717) is 4.88 Å². The highest BCUT2D eigenvalue weighted by Gasteiger charge is 2.23. The number of esters is 1. The molecule has 0 saturated carbocycles. The van der Waals surface area contributed by atoms with E-state index in [2.05, 4.69) is 5.32 Å². The summed E-state index contributed by atoms with van der Waals surface area (Å²) >= 11 is 1.12. The molecule has 0 aliphatic carbocycles. The van der Waals surface area contributed by atoms with Crippen molar-refractivity contribution in [1.82, 2.24) is 0 Å². The molecule has 0 atom stereocenters. The maximum atomic E-state index is 13.0. The Bertz CT molecular complexity index is 1140. The summed E-state index contributed by atoms with van der Waals surface area (Å²) in [6.45, 7) is 0. The zero-order valence-corrected chi connectivity index (χ0v) is 16.8. The number of benzene rings is 2. The number of methoxy groups -OCH3 is 1. The van der Waals surface area contributed by atoms with E-state index in [4.69, 9.17) is 4.74 Å². The van der Waals surface area contributed by atoms with E-state index in [0.717, 1.165) is 41.2 Å². The quantitative estimate of drug-likeness (QED) is 0.472. The van der Waals surface area contributed by atoms with Gasteiger partial charge < -0.3 is 10.1 Å². The normalized spacial score (nSPS) is 11.1. The summed E-state index contributed by atoms with van der Waals surface area (Å²) in [5, 5.41) is 2.47. The molecule has 3 aromatic rings. The zero-order valence-electron chi connectivity index (χ0n) is 15.2. The van der Waals surface area contributed by atoms with E-state index in [1.165, 1.54) is 7.11 Å². The van der Waals surface area contributed by atoms with E-state index in [-0.39, 0.29) is 15.5 Å². The Morgan fingerprint density at radius 1 is 1.07 bits per heavy atom. The summed E-state index contributed by atoms with van der Waals surface area (Å²) in [6.07, 6.45) is 0. The van der Waals surface area contributed by atoms with Crippen molar-refractivity contribution >= 4 is 38.7 Å². The third kappa shape index (κ3) is 4.87. The molecular formula is C20H16FNO5S2. The Kier molecular flexibility index (Phi) is 6.09. The van der Waals surface area contributed by atoms with Gasteiger partial charge in [-0.05, 0) is 35.9 Å². The van der Waals surface area contributed by atoms with E-state index in [1.807, 2.05) is 30.3 Å². The highest BCUT2D eigenvalue weighted by Crippen LogP contribution is 2.35. The van der Waals surface area contributed by atoms with E-state index >= 15 is 0 Å². The number of carbonyl (C=O) groups is 2. The fourth-order valence-corrected chi connectivity index (χ4v) is 4.73. The first-order chi connectivity index (χ1) is 13.8. The van der Waals surface area contributed by atoms with Crippen molar-refractivity contribution in [2.75, 3.05) is 18.2 Å². The predicted molar refractivity (Wildman–Crippen MR) is 108 cm³/mol. The van der Waals surface area contributed by atoms with Gasteiger partial charge in [0.05, 0.1) is 17.7 Å². The third-order valence-corrected chi connectivity index (χ3v) is 6.73. The van der Waals surface area contributed by atoms with Crippen LogP contribution >= 0.6 is 11.3 Å². The molecule has 1 amide bonds. The number of carbonyl (C=O) groups excluding carboxylic acids is 2. The van der Waals surface area contributed by atoms with E-state index < -0.39 is 33.3 Å². The van der Waals surface area contributed by atoms with Crippen LogP contribution in [0.5, 0.6) is 0 Å². The van der Waals surface area contributed by atoms with Crippen LogP contribution in [0.15, 0.2) is 65.6 Å². The standard InChI is InChI=1S/C20H16FNO5S2/c1-27-20(24)19-16(11-17(28-19)13-5-3-2-4-6-13)22-18(23)12-29(25,26)15-9-7-14(21)8-10-15/h2-11H,12H2,1H3,(H,22,23). The molecule has 0 unspecified atom stereocenters. The fraction of sp³-hybridized carbons (Fsp3) is 0.100. The van der Waals surface area contributed by atoms with Crippen LogP contribution in [0.25, 0.3) is 10.4 Å². The maximum absolute atomic E-state index is 13.0. The van der Waals surface area contributed by atoms with Gasteiger partial charge in [0.1, 0.15) is 16.4 Å². The van der Waals surface area contributed by atoms with Crippen LogP contribution in [0.1, 0.15) is 9.67 Å². The zero-order chi connectivity index (χ0) is 21.0. The highest BCUT2D eigenvalue weighted by atomic mass is 32.2. The van der Waals surface area contributed by atoms with Gasteiger partial charge >= 0.3 is 5.97 Å². The van der Waals surface area contributed by atoms with Crippen molar-refractivity contribution in [3.05, 3.63) is 71.4 Å². The number of ether oxygens (including phenoxy) is 1. The van der Waals surface area contributed by atoms with Crippen molar-refractivity contribution in [2.45, 2.75) is 4.90 Å². The minimum absolute atomic E-state index is 0.152. The lowest BCUT2D eigenvalue weighted by atomic mass is 10.2. The molecule has 0 fully saturated rings. The molecule has 150 valence electrons. The minimum Gasteiger partial charge on any atom is -0.465 e. The number of rotatable bonds is 6. The summed E-state index contributed by atoms with van der Waals surface area (Å²) in [5.41, 5.74) is 1.00. The molecule has 29 heavy (non-hydrogen) atoms. The molecule has 0 bridgehead atoms. The third-order valence-electron chi connectivity index (χ3n) is 3.93. The van der Waals surface area contributed by atoms with Crippen molar-refractivity contribution in [2.24, 2.45) is 0 Å². The van der Waals surface area contributed by atoms with Gasteiger partial charge in [0.25, 0.3) is 0 Å². The summed E-state index contributed by atoms with van der Waals surface area (Å²) in [4.78, 5) is 25.1. The first kappa shape index (κ1) is 20.7. The monoisotopic (exact) mass is 433 g/mol. The van der Waals surface area contributed by atoms with Crippen molar-refractivity contribution < 1.29 is 27.1 Å². The maximum Gasteiger partial charge on any atom is 0.350 e. The molecule has 0 aliphatic heterocycles. The van der Waals surface area contributed by atoms with Crippen LogP contribution < -0.4 is 5.32 Å². The first-order valence-corrected chi connectivity index (χ1v) is 10.8.